The van der Waals surface area contributed by atoms with E-state index in [1.54, 1.807) is 0 Å². The van der Waals surface area contributed by atoms with Crippen LogP contribution in [0.3, 0.4) is 0 Å². The van der Waals surface area contributed by atoms with Crippen LogP contribution in [0, 0.1) is 10.1 Å². The van der Waals surface area contributed by atoms with Gasteiger partial charge in [0.2, 0.25) is 5.91 Å². The van der Waals surface area contributed by atoms with Gasteiger partial charge in [0.25, 0.3) is 11.2 Å². The van der Waals surface area contributed by atoms with Crippen LogP contribution >= 0.6 is 11.3 Å². The summed E-state index contributed by atoms with van der Waals surface area (Å²) in [7, 11) is 0. The van der Waals surface area contributed by atoms with Gasteiger partial charge < -0.3 is 5.32 Å². The van der Waals surface area contributed by atoms with E-state index in [0.29, 0.717) is 5.92 Å². The third kappa shape index (κ3) is 5.01. The van der Waals surface area contributed by atoms with Gasteiger partial charge in [-0.2, -0.15) is 0 Å². The molecule has 3 rings (SSSR count). The molecule has 8 heteroatoms. The number of nitro groups is 1. The zero-order valence-corrected chi connectivity index (χ0v) is 17.6. The lowest BCUT2D eigenvalue weighted by atomic mass is 9.95. The van der Waals surface area contributed by atoms with Crippen LogP contribution in [0.5, 0.6) is 0 Å². The summed E-state index contributed by atoms with van der Waals surface area (Å²) in [5, 5.41) is 15.9. The molecule has 1 N–H and O–H groups in total. The van der Waals surface area contributed by atoms with Crippen LogP contribution in [-0.2, 0) is 11.3 Å². The smallest absolute Gasteiger partial charge is 0.285 e. The third-order valence-electron chi connectivity index (χ3n) is 5.08. The Kier molecular flexibility index (Phi) is 6.79. The van der Waals surface area contributed by atoms with Crippen molar-refractivity contribution in [2.24, 2.45) is 0 Å². The lowest BCUT2D eigenvalue weighted by molar-refractivity contribution is -0.385. The first kappa shape index (κ1) is 21.4. The Morgan fingerprint density at radius 1 is 1.17 bits per heavy atom. The van der Waals surface area contributed by atoms with Crippen LogP contribution in [0.2, 0.25) is 0 Å². The molecule has 0 aliphatic carbocycles. The van der Waals surface area contributed by atoms with Gasteiger partial charge in [0, 0.05) is 17.0 Å². The van der Waals surface area contributed by atoms with E-state index in [1.807, 2.05) is 29.6 Å². The molecular weight excluding hydrogens is 402 g/mol. The Morgan fingerprint density at radius 3 is 2.47 bits per heavy atom. The van der Waals surface area contributed by atoms with Crippen LogP contribution in [0.25, 0.3) is 0 Å². The Morgan fingerprint density at radius 2 is 1.87 bits per heavy atom. The zero-order valence-electron chi connectivity index (χ0n) is 16.8. The van der Waals surface area contributed by atoms with Gasteiger partial charge in [-0.3, -0.25) is 24.3 Å². The van der Waals surface area contributed by atoms with Gasteiger partial charge in [-0.1, -0.05) is 44.2 Å². The molecule has 30 heavy (non-hydrogen) atoms. The minimum absolute atomic E-state index is 0.238. The van der Waals surface area contributed by atoms with Crippen molar-refractivity contribution in [3.8, 4) is 0 Å². The van der Waals surface area contributed by atoms with Crippen LogP contribution in [0.4, 0.5) is 5.69 Å². The number of nitrogens with zero attached hydrogens (tertiary/aromatic N) is 2. The van der Waals surface area contributed by atoms with Crippen molar-refractivity contribution in [3.05, 3.63) is 96.6 Å². The van der Waals surface area contributed by atoms with Crippen molar-refractivity contribution in [2.45, 2.75) is 38.8 Å². The first-order valence-corrected chi connectivity index (χ1v) is 10.5. The molecule has 2 aromatic heterocycles. The maximum Gasteiger partial charge on any atom is 0.285 e. The van der Waals surface area contributed by atoms with Crippen LogP contribution in [0.1, 0.15) is 48.2 Å². The molecule has 3 aromatic rings. The number of aromatic nitrogens is 1. The molecule has 0 bridgehead atoms. The first-order valence-electron chi connectivity index (χ1n) is 9.66. The van der Waals surface area contributed by atoms with E-state index in [-0.39, 0.29) is 18.3 Å². The SMILES string of the molecule is CCC(C)c1ccc(C(NC(=O)Cn2cc([N+](=O)[O-])ccc2=O)c2cccs2)cc1. The highest BCUT2D eigenvalue weighted by molar-refractivity contribution is 7.10. The molecule has 0 saturated heterocycles. The second-order valence-corrected chi connectivity index (χ2v) is 8.08. The number of thiophene rings is 1. The van der Waals surface area contributed by atoms with Gasteiger partial charge in [0.15, 0.2) is 0 Å². The Hall–Kier alpha value is -3.26. The second kappa shape index (κ2) is 9.49. The predicted molar refractivity (Wildman–Crippen MR) is 117 cm³/mol. The van der Waals surface area contributed by atoms with Crippen LogP contribution in [-0.4, -0.2) is 15.4 Å². The number of carbonyl (C=O) groups excluding carboxylic acids is 1. The Labute approximate surface area is 178 Å². The molecule has 0 radical (unpaired) electrons. The standard InChI is InChI=1S/C22H23N3O4S/c1-3-15(2)16-6-8-17(9-7-16)22(19-5-4-12-30-19)23-20(26)14-24-13-18(25(28)29)10-11-21(24)27/h4-13,15,22H,3,14H2,1-2H3,(H,23,26). The van der Waals surface area contributed by atoms with E-state index < -0.39 is 16.4 Å². The number of benzene rings is 1. The molecule has 2 heterocycles. The van der Waals surface area contributed by atoms with E-state index in [4.69, 9.17) is 0 Å². The van der Waals surface area contributed by atoms with Gasteiger partial charge in [0.1, 0.15) is 6.54 Å². The maximum absolute atomic E-state index is 12.7. The fourth-order valence-electron chi connectivity index (χ4n) is 3.14. The van der Waals surface area contributed by atoms with Crippen molar-refractivity contribution in [2.75, 3.05) is 0 Å². The van der Waals surface area contributed by atoms with E-state index in [2.05, 4.69) is 31.3 Å². The van der Waals surface area contributed by atoms with Crippen molar-refractivity contribution < 1.29 is 9.72 Å². The van der Waals surface area contributed by atoms with Crippen LogP contribution < -0.4 is 10.9 Å². The number of hydrogen-bond acceptors (Lipinski definition) is 5. The molecule has 0 fully saturated rings. The van der Waals surface area contributed by atoms with Crippen molar-refractivity contribution in [1.82, 2.24) is 9.88 Å². The maximum atomic E-state index is 12.7. The minimum atomic E-state index is -0.596. The van der Waals surface area contributed by atoms with Gasteiger partial charge in [0.05, 0.1) is 17.2 Å². The quantitative estimate of drug-likeness (QED) is 0.431. The van der Waals surface area contributed by atoms with E-state index >= 15 is 0 Å². The number of amides is 1. The number of carbonyl (C=O) groups is 1. The number of rotatable bonds is 8. The van der Waals surface area contributed by atoms with Gasteiger partial charge in [-0.25, -0.2) is 0 Å². The molecule has 7 nitrogen and oxygen atoms in total. The largest absolute Gasteiger partial charge is 0.343 e. The number of nitrogens with one attached hydrogen (secondary N) is 1. The highest BCUT2D eigenvalue weighted by Crippen LogP contribution is 2.28. The molecule has 0 spiro atoms. The predicted octanol–water partition coefficient (Wildman–Crippen LogP) is 4.24. The molecule has 156 valence electrons. The number of pyridine rings is 1. The van der Waals surface area contributed by atoms with E-state index in [9.17, 15) is 19.7 Å². The zero-order chi connectivity index (χ0) is 21.7. The van der Waals surface area contributed by atoms with Crippen molar-refractivity contribution >= 4 is 22.9 Å². The van der Waals surface area contributed by atoms with Crippen molar-refractivity contribution in [1.29, 1.82) is 0 Å². The second-order valence-electron chi connectivity index (χ2n) is 7.10. The molecular formula is C22H23N3O4S. The van der Waals surface area contributed by atoms with Gasteiger partial charge >= 0.3 is 0 Å². The molecule has 2 atom stereocenters. The average molecular weight is 426 g/mol. The first-order chi connectivity index (χ1) is 14.4. The summed E-state index contributed by atoms with van der Waals surface area (Å²) in [5.74, 6) is 0.0524. The lowest BCUT2D eigenvalue weighted by Gasteiger charge is -2.19. The van der Waals surface area contributed by atoms with Gasteiger partial charge in [-0.15, -0.1) is 11.3 Å². The fourth-order valence-corrected chi connectivity index (χ4v) is 3.94. The minimum Gasteiger partial charge on any atom is -0.343 e. The molecule has 2 unspecified atom stereocenters. The lowest BCUT2D eigenvalue weighted by Crippen LogP contribution is -2.34. The molecule has 1 amide bonds. The summed E-state index contributed by atoms with van der Waals surface area (Å²) in [6, 6.07) is 13.9. The molecule has 1 aromatic carbocycles. The van der Waals surface area contributed by atoms with Gasteiger partial charge in [-0.05, 0) is 34.9 Å². The monoisotopic (exact) mass is 425 g/mol. The molecule has 0 aliphatic heterocycles. The normalized spacial score (nSPS) is 12.9. The van der Waals surface area contributed by atoms with Crippen LogP contribution in [0.15, 0.2) is 64.9 Å². The summed E-state index contributed by atoms with van der Waals surface area (Å²) < 4.78 is 1.05. The summed E-state index contributed by atoms with van der Waals surface area (Å²) in [4.78, 5) is 36.0. The van der Waals surface area contributed by atoms with E-state index in [0.717, 1.165) is 39.8 Å². The fraction of sp³-hybridized carbons (Fsp3) is 0.273. The topological polar surface area (TPSA) is 94.2 Å². The Bertz CT molecular complexity index is 1070. The highest BCUT2D eigenvalue weighted by Gasteiger charge is 2.19. The summed E-state index contributed by atoms with van der Waals surface area (Å²) >= 11 is 1.53. The van der Waals surface area contributed by atoms with Crippen molar-refractivity contribution in [3.63, 3.8) is 0 Å². The highest BCUT2D eigenvalue weighted by atomic mass is 32.1. The summed E-state index contributed by atoms with van der Waals surface area (Å²) in [6.45, 7) is 4.01. The molecule has 0 aliphatic rings. The summed E-state index contributed by atoms with van der Waals surface area (Å²) in [5.41, 5.74) is 1.46. The van der Waals surface area contributed by atoms with E-state index in [1.165, 1.54) is 16.9 Å². The molecule has 0 saturated carbocycles. The Balaban J connectivity index is 1.83. The third-order valence-corrected chi connectivity index (χ3v) is 6.01. The number of hydrogen-bond donors (Lipinski definition) is 1. The summed E-state index contributed by atoms with van der Waals surface area (Å²) in [6.07, 6.45) is 2.13. The average Bonchev–Trinajstić information content (AvgIpc) is 3.27.